The van der Waals surface area contributed by atoms with Crippen molar-refractivity contribution in [1.82, 2.24) is 10.2 Å². The summed E-state index contributed by atoms with van der Waals surface area (Å²) in [6.07, 6.45) is -5.21. The number of rotatable bonds is 3. The van der Waals surface area contributed by atoms with Gasteiger partial charge in [0.1, 0.15) is 17.4 Å². The van der Waals surface area contributed by atoms with Crippen LogP contribution >= 0.6 is 11.6 Å². The van der Waals surface area contributed by atoms with Crippen molar-refractivity contribution in [2.45, 2.75) is 11.8 Å². The summed E-state index contributed by atoms with van der Waals surface area (Å²) in [5.74, 6) is -2.02. The molecule has 1 aliphatic heterocycles. The van der Waals surface area contributed by atoms with E-state index in [2.05, 4.69) is 15.5 Å². The van der Waals surface area contributed by atoms with Crippen LogP contribution in [0, 0.1) is 11.6 Å². The van der Waals surface area contributed by atoms with Gasteiger partial charge in [-0.3, -0.25) is 10.00 Å². The molecule has 5 rings (SSSR count). The lowest BCUT2D eigenvalue weighted by atomic mass is 9.95. The van der Waals surface area contributed by atoms with Crippen molar-refractivity contribution in [3.63, 3.8) is 0 Å². The maximum atomic E-state index is 13.8. The second-order valence-electron chi connectivity index (χ2n) is 8.19. The van der Waals surface area contributed by atoms with Gasteiger partial charge in [0.15, 0.2) is 11.6 Å². The molecule has 1 atom stereocenters. The van der Waals surface area contributed by atoms with Crippen molar-refractivity contribution in [2.24, 2.45) is 0 Å². The molecule has 2 amide bonds. The molecule has 0 bridgehead atoms. The van der Waals surface area contributed by atoms with Crippen LogP contribution in [0.5, 0.6) is 11.5 Å². The zero-order valence-electron chi connectivity index (χ0n) is 18.3. The van der Waals surface area contributed by atoms with Gasteiger partial charge in [0.25, 0.3) is 0 Å². The van der Waals surface area contributed by atoms with E-state index in [9.17, 15) is 31.9 Å². The van der Waals surface area contributed by atoms with Gasteiger partial charge in [-0.25, -0.2) is 13.6 Å². The van der Waals surface area contributed by atoms with Crippen LogP contribution in [-0.2, 0) is 5.60 Å². The maximum absolute atomic E-state index is 13.8. The van der Waals surface area contributed by atoms with Gasteiger partial charge in [-0.1, -0.05) is 11.6 Å². The maximum Gasteiger partial charge on any atom is 0.423 e. The van der Waals surface area contributed by atoms with E-state index in [0.29, 0.717) is 16.5 Å². The van der Waals surface area contributed by atoms with Crippen molar-refractivity contribution < 1.29 is 36.6 Å². The normalized spacial score (nSPS) is 17.2. The molecule has 192 valence electrons. The van der Waals surface area contributed by atoms with E-state index in [1.54, 1.807) is 0 Å². The molecule has 1 unspecified atom stereocenters. The quantitative estimate of drug-likeness (QED) is 0.250. The summed E-state index contributed by atoms with van der Waals surface area (Å²) in [4.78, 5) is 13.8. The Morgan fingerprint density at radius 3 is 2.59 bits per heavy atom. The highest BCUT2D eigenvalue weighted by atomic mass is 35.5. The van der Waals surface area contributed by atoms with Gasteiger partial charge in [0.05, 0.1) is 33.8 Å². The van der Waals surface area contributed by atoms with Gasteiger partial charge in [-0.2, -0.15) is 18.3 Å². The third-order valence-corrected chi connectivity index (χ3v) is 6.17. The third kappa shape index (κ3) is 4.05. The molecule has 0 aliphatic carbocycles. The minimum Gasteiger partial charge on any atom is -0.453 e. The first-order valence-corrected chi connectivity index (χ1v) is 10.8. The Labute approximate surface area is 209 Å². The molecule has 0 saturated heterocycles. The fourth-order valence-corrected chi connectivity index (χ4v) is 4.21. The number of β-amino-alcohol motifs (C(OH)–C–C–N with tert-alkyl or cyclic N) is 1. The first-order valence-electron chi connectivity index (χ1n) is 10.5. The molecule has 0 radical (unpaired) electrons. The minimum atomic E-state index is -5.21. The van der Waals surface area contributed by atoms with Crippen LogP contribution in [0.3, 0.4) is 0 Å². The number of halogens is 6. The number of nitrogens with zero attached hydrogens (tertiary/aromatic N) is 2. The molecule has 14 heteroatoms. The van der Waals surface area contributed by atoms with Crippen molar-refractivity contribution in [2.75, 3.05) is 22.5 Å². The SMILES string of the molecule is Nc1n[nH]c2ccc(NC(=O)N3CC(O)(C(F)(F)F)c4cc(F)ccc43)c(Oc3cc(F)ccc3Cl)c12. The number of nitrogen functional groups attached to an aromatic ring is 1. The van der Waals surface area contributed by atoms with Crippen LogP contribution in [0.1, 0.15) is 5.56 Å². The predicted octanol–water partition coefficient (Wildman–Crippen LogP) is 5.67. The number of aromatic nitrogens is 2. The Morgan fingerprint density at radius 2 is 1.86 bits per heavy atom. The van der Waals surface area contributed by atoms with Crippen LogP contribution in [0.15, 0.2) is 48.5 Å². The largest absolute Gasteiger partial charge is 0.453 e. The summed E-state index contributed by atoms with van der Waals surface area (Å²) < 4.78 is 74.7. The van der Waals surface area contributed by atoms with Gasteiger partial charge in [-0.15, -0.1) is 0 Å². The number of urea groups is 1. The lowest BCUT2D eigenvalue weighted by Crippen LogP contribution is -2.48. The topological polar surface area (TPSA) is 116 Å². The standard InChI is InChI=1S/C23H15ClF5N5O3/c24-13-3-1-11(26)8-17(13)37-19-15(5-4-14-18(19)20(30)33-32-14)31-21(35)34-9-22(36,23(27,28)29)12-7-10(25)2-6-16(12)34/h1-8,36H,9H2,(H,31,35)(H3,30,32,33). The van der Waals surface area contributed by atoms with Crippen molar-refractivity contribution in [3.05, 3.63) is 70.8 Å². The Morgan fingerprint density at radius 1 is 1.16 bits per heavy atom. The zero-order chi connectivity index (χ0) is 26.7. The number of fused-ring (bicyclic) bond motifs is 2. The summed E-state index contributed by atoms with van der Waals surface area (Å²) >= 11 is 6.11. The smallest absolute Gasteiger partial charge is 0.423 e. The number of nitrogens with two attached hydrogens (primary N) is 1. The molecule has 0 fully saturated rings. The fourth-order valence-electron chi connectivity index (χ4n) is 4.06. The van der Waals surface area contributed by atoms with Gasteiger partial charge in [0, 0.05) is 11.6 Å². The molecule has 0 spiro atoms. The summed E-state index contributed by atoms with van der Waals surface area (Å²) in [6.45, 7) is -1.23. The van der Waals surface area contributed by atoms with E-state index in [1.165, 1.54) is 18.2 Å². The Kier molecular flexibility index (Phi) is 5.64. The Bertz CT molecular complexity index is 1560. The van der Waals surface area contributed by atoms with Crippen LogP contribution in [-0.4, -0.2) is 34.1 Å². The van der Waals surface area contributed by atoms with Crippen LogP contribution in [0.4, 0.5) is 43.9 Å². The first-order chi connectivity index (χ1) is 17.4. The highest BCUT2D eigenvalue weighted by molar-refractivity contribution is 6.32. The molecule has 2 heterocycles. The molecule has 4 aromatic rings. The van der Waals surface area contributed by atoms with E-state index < -0.39 is 41.6 Å². The molecule has 8 nitrogen and oxygen atoms in total. The molecule has 3 aromatic carbocycles. The van der Waals surface area contributed by atoms with Gasteiger partial charge in [0.2, 0.25) is 5.60 Å². The number of anilines is 3. The highest BCUT2D eigenvalue weighted by Crippen LogP contribution is 2.49. The number of H-pyrrole nitrogens is 1. The van der Waals surface area contributed by atoms with Crippen molar-refractivity contribution in [1.29, 1.82) is 0 Å². The lowest BCUT2D eigenvalue weighted by Gasteiger charge is -2.27. The van der Waals surface area contributed by atoms with Crippen LogP contribution < -0.4 is 20.7 Å². The number of aliphatic hydroxyl groups is 1. The Hall–Kier alpha value is -4.10. The fraction of sp³-hybridized carbons (Fsp3) is 0.130. The number of hydrogen-bond acceptors (Lipinski definition) is 5. The molecular weight excluding hydrogens is 525 g/mol. The van der Waals surface area contributed by atoms with Crippen LogP contribution in [0.25, 0.3) is 10.9 Å². The zero-order valence-corrected chi connectivity index (χ0v) is 19.1. The number of nitrogens with one attached hydrogen (secondary N) is 2. The second-order valence-corrected chi connectivity index (χ2v) is 8.59. The average Bonchev–Trinajstić information content (AvgIpc) is 3.35. The molecule has 0 saturated carbocycles. The third-order valence-electron chi connectivity index (χ3n) is 5.85. The summed E-state index contributed by atoms with van der Waals surface area (Å²) in [5.41, 5.74) is 1.55. The predicted molar refractivity (Wildman–Crippen MR) is 125 cm³/mol. The van der Waals surface area contributed by atoms with E-state index in [0.717, 1.165) is 24.3 Å². The molecule has 1 aromatic heterocycles. The average molecular weight is 540 g/mol. The van der Waals surface area contributed by atoms with E-state index in [4.69, 9.17) is 22.1 Å². The van der Waals surface area contributed by atoms with E-state index in [-0.39, 0.29) is 39.1 Å². The van der Waals surface area contributed by atoms with Gasteiger partial charge in [-0.05, 0) is 42.5 Å². The molecule has 5 N–H and O–H groups in total. The molecule has 37 heavy (non-hydrogen) atoms. The number of benzene rings is 3. The monoisotopic (exact) mass is 539 g/mol. The number of carbonyl (C=O) groups is 1. The number of ether oxygens (including phenoxy) is 1. The van der Waals surface area contributed by atoms with Gasteiger partial charge >= 0.3 is 12.2 Å². The van der Waals surface area contributed by atoms with Crippen molar-refractivity contribution >= 4 is 45.7 Å². The number of carbonyl (C=O) groups excluding carboxylic acids is 1. The highest BCUT2D eigenvalue weighted by Gasteiger charge is 2.61. The molecular formula is C23H15ClF5N5O3. The lowest BCUT2D eigenvalue weighted by molar-refractivity contribution is -0.258. The van der Waals surface area contributed by atoms with Crippen molar-refractivity contribution in [3.8, 4) is 11.5 Å². The second kappa shape index (κ2) is 8.49. The number of hydrogen-bond donors (Lipinski definition) is 4. The van der Waals surface area contributed by atoms with E-state index >= 15 is 0 Å². The summed E-state index contributed by atoms with van der Waals surface area (Å²) in [5, 5.41) is 19.5. The first kappa shape index (κ1) is 24.6. The summed E-state index contributed by atoms with van der Waals surface area (Å²) in [6, 6.07) is 7.36. The number of alkyl halides is 3. The number of aromatic amines is 1. The van der Waals surface area contributed by atoms with Gasteiger partial charge < -0.3 is 20.9 Å². The van der Waals surface area contributed by atoms with Crippen LogP contribution in [0.2, 0.25) is 5.02 Å². The Balaban J connectivity index is 1.56. The molecule has 1 aliphatic rings. The number of amides is 2. The summed E-state index contributed by atoms with van der Waals surface area (Å²) in [7, 11) is 0. The van der Waals surface area contributed by atoms with E-state index in [1.807, 2.05) is 0 Å². The minimum absolute atomic E-state index is 0.0171.